The summed E-state index contributed by atoms with van der Waals surface area (Å²) in [6.07, 6.45) is 24.0. The fourth-order valence-electron chi connectivity index (χ4n) is 15.1. The normalized spacial score (nSPS) is 48.4. The Hall–Kier alpha value is -1.43. The highest BCUT2D eigenvalue weighted by atomic mass is 16.5. The lowest BCUT2D eigenvalue weighted by atomic mass is 9.37. The van der Waals surface area contributed by atoms with Crippen LogP contribution in [0.3, 0.4) is 0 Å². The number of rotatable bonds is 7. The van der Waals surface area contributed by atoms with Crippen LogP contribution in [0.1, 0.15) is 119 Å². The van der Waals surface area contributed by atoms with Gasteiger partial charge in [0.25, 0.3) is 0 Å². The van der Waals surface area contributed by atoms with Gasteiger partial charge in [0.15, 0.2) is 0 Å². The summed E-state index contributed by atoms with van der Waals surface area (Å²) in [5.41, 5.74) is 4.69. The van der Waals surface area contributed by atoms with E-state index in [0.717, 1.165) is 49.2 Å². The van der Waals surface area contributed by atoms with Crippen LogP contribution in [0.25, 0.3) is 0 Å². The largest absolute Gasteiger partial charge is 0.466 e. The van der Waals surface area contributed by atoms with Gasteiger partial charge in [0.2, 0.25) is 0 Å². The number of morpholine rings is 1. The lowest BCUT2D eigenvalue weighted by molar-refractivity contribution is -0.175. The van der Waals surface area contributed by atoms with Crippen molar-refractivity contribution in [3.8, 4) is 0 Å². The zero-order valence-electron chi connectivity index (χ0n) is 31.9. The van der Waals surface area contributed by atoms with E-state index in [4.69, 9.17) is 9.47 Å². The van der Waals surface area contributed by atoms with E-state index in [1.165, 1.54) is 83.7 Å². The molecule has 7 fully saturated rings. The Labute approximate surface area is 298 Å². The Kier molecular flexibility index (Phi) is 8.92. The molecule has 5 heteroatoms. The molecule has 49 heavy (non-hydrogen) atoms. The van der Waals surface area contributed by atoms with Crippen molar-refractivity contribution < 1.29 is 14.3 Å². The highest BCUT2D eigenvalue weighted by Gasteiger charge is 2.66. The fourth-order valence-corrected chi connectivity index (χ4v) is 15.1. The van der Waals surface area contributed by atoms with Crippen molar-refractivity contribution in [1.29, 1.82) is 0 Å². The first-order valence-electron chi connectivity index (χ1n) is 20.8. The monoisotopic (exact) mass is 673 g/mol. The quantitative estimate of drug-likeness (QED) is 0.217. The molecule has 0 amide bonds. The van der Waals surface area contributed by atoms with Crippen molar-refractivity contribution in [2.24, 2.45) is 63.6 Å². The van der Waals surface area contributed by atoms with Crippen LogP contribution in [0.15, 0.2) is 36.0 Å². The number of hydrogen-bond acceptors (Lipinski definition) is 5. The van der Waals surface area contributed by atoms with Crippen LogP contribution in [0.5, 0.6) is 0 Å². The maximum Gasteiger partial charge on any atom is 0.309 e. The molecule has 0 aromatic carbocycles. The molecule has 2 heterocycles. The van der Waals surface area contributed by atoms with Gasteiger partial charge in [0.1, 0.15) is 0 Å². The van der Waals surface area contributed by atoms with Crippen LogP contribution in [0.2, 0.25) is 0 Å². The van der Waals surface area contributed by atoms with E-state index in [9.17, 15) is 4.79 Å². The third-order valence-corrected chi connectivity index (χ3v) is 17.0. The third kappa shape index (κ3) is 5.34. The van der Waals surface area contributed by atoms with Gasteiger partial charge in [-0.25, -0.2) is 0 Å². The molecule has 5 saturated carbocycles. The van der Waals surface area contributed by atoms with Crippen LogP contribution in [0, 0.1) is 63.6 Å². The van der Waals surface area contributed by atoms with Crippen molar-refractivity contribution in [1.82, 2.24) is 10.2 Å². The molecule has 0 spiro atoms. The number of nitrogens with one attached hydrogen (secondary N) is 1. The number of likely N-dealkylation sites (tertiary alicyclic amines) is 1. The fraction of sp³-hybridized carbons (Fsp3) is 0.841. The number of carbonyl (C=O) groups excluding carboxylic acids is 1. The molecule has 7 aliphatic carbocycles. The SMILES string of the molecule is C=CC.CCOC(=O)C1C2C=C(C3=CCC4(C)C(CCC5(C)C6CCC7(NCCN8CC9CC8CO9)CCC[C@@H]7C6CCC54)C3(C)C)CC21. The van der Waals surface area contributed by atoms with Gasteiger partial charge in [-0.1, -0.05) is 52.3 Å². The number of esters is 1. The summed E-state index contributed by atoms with van der Waals surface area (Å²) in [6.45, 7) is 22.9. The number of carbonyl (C=O) groups is 1. The summed E-state index contributed by atoms with van der Waals surface area (Å²) < 4.78 is 11.3. The van der Waals surface area contributed by atoms with Gasteiger partial charge >= 0.3 is 5.97 Å². The third-order valence-electron chi connectivity index (χ3n) is 17.0. The highest BCUT2D eigenvalue weighted by molar-refractivity contribution is 5.78. The molecule has 1 N–H and O–H groups in total. The molecular formula is C44H68N2O3. The predicted molar refractivity (Wildman–Crippen MR) is 198 cm³/mol. The smallest absolute Gasteiger partial charge is 0.309 e. The minimum Gasteiger partial charge on any atom is -0.466 e. The van der Waals surface area contributed by atoms with E-state index in [1.54, 1.807) is 17.2 Å². The van der Waals surface area contributed by atoms with E-state index in [0.29, 0.717) is 47.0 Å². The Morgan fingerprint density at radius 1 is 1.04 bits per heavy atom. The molecule has 0 aromatic rings. The first-order chi connectivity index (χ1) is 23.5. The first-order valence-corrected chi connectivity index (χ1v) is 20.8. The van der Waals surface area contributed by atoms with E-state index >= 15 is 0 Å². The second-order valence-electron chi connectivity index (χ2n) is 19.3. The lowest BCUT2D eigenvalue weighted by Gasteiger charge is -2.68. The van der Waals surface area contributed by atoms with Crippen molar-refractivity contribution in [3.05, 3.63) is 36.0 Å². The van der Waals surface area contributed by atoms with Crippen molar-refractivity contribution in [3.63, 3.8) is 0 Å². The van der Waals surface area contributed by atoms with Crippen molar-refractivity contribution in [2.45, 2.75) is 136 Å². The predicted octanol–water partition coefficient (Wildman–Crippen LogP) is 8.75. The number of nitrogens with zero attached hydrogens (tertiary/aromatic N) is 1. The van der Waals surface area contributed by atoms with Gasteiger partial charge in [-0.2, -0.15) is 0 Å². The van der Waals surface area contributed by atoms with E-state index in [1.807, 2.05) is 13.8 Å². The maximum atomic E-state index is 12.4. The van der Waals surface area contributed by atoms with Crippen molar-refractivity contribution in [2.75, 3.05) is 32.8 Å². The van der Waals surface area contributed by atoms with Crippen LogP contribution in [-0.2, 0) is 14.3 Å². The highest BCUT2D eigenvalue weighted by Crippen LogP contribution is 2.73. The van der Waals surface area contributed by atoms with Crippen LogP contribution in [0.4, 0.5) is 0 Å². The summed E-state index contributed by atoms with van der Waals surface area (Å²) in [6, 6.07) is 0.686. The molecule has 272 valence electrons. The first kappa shape index (κ1) is 34.6. The van der Waals surface area contributed by atoms with Crippen LogP contribution < -0.4 is 5.32 Å². The molecule has 2 aliphatic heterocycles. The minimum atomic E-state index is 0.0389. The molecular weight excluding hydrogens is 604 g/mol. The van der Waals surface area contributed by atoms with E-state index < -0.39 is 0 Å². The molecule has 9 aliphatic rings. The Bertz CT molecular complexity index is 1370. The zero-order chi connectivity index (χ0) is 34.3. The minimum absolute atomic E-state index is 0.0389. The average molecular weight is 673 g/mol. The average Bonchev–Trinajstić information content (AvgIpc) is 3.61. The second-order valence-corrected chi connectivity index (χ2v) is 19.3. The molecule has 0 radical (unpaired) electrons. The maximum absolute atomic E-state index is 12.4. The molecule has 0 aromatic heterocycles. The molecule has 5 nitrogen and oxygen atoms in total. The number of ether oxygens (including phenoxy) is 2. The topological polar surface area (TPSA) is 50.8 Å². The van der Waals surface area contributed by atoms with Gasteiger partial charge in [-0.3, -0.25) is 9.69 Å². The number of hydrogen-bond donors (Lipinski definition) is 1. The molecule has 13 atom stereocenters. The lowest BCUT2D eigenvalue weighted by Crippen LogP contribution is -2.64. The van der Waals surface area contributed by atoms with Gasteiger partial charge in [0, 0.05) is 31.2 Å². The van der Waals surface area contributed by atoms with E-state index in [-0.39, 0.29) is 17.3 Å². The van der Waals surface area contributed by atoms with Gasteiger partial charge < -0.3 is 14.8 Å². The number of fused-ring (bicyclic) bond motifs is 10. The number of allylic oxidation sites excluding steroid dienone is 5. The van der Waals surface area contributed by atoms with Gasteiger partial charge in [-0.05, 0) is 153 Å². The Morgan fingerprint density at radius 2 is 1.86 bits per heavy atom. The summed E-state index contributed by atoms with van der Waals surface area (Å²) in [7, 11) is 0. The van der Waals surface area contributed by atoms with Gasteiger partial charge in [-0.15, -0.1) is 6.58 Å². The summed E-state index contributed by atoms with van der Waals surface area (Å²) in [4.78, 5) is 15.2. The summed E-state index contributed by atoms with van der Waals surface area (Å²) >= 11 is 0. The molecule has 2 bridgehead atoms. The molecule has 12 unspecified atom stereocenters. The van der Waals surface area contributed by atoms with Crippen LogP contribution >= 0.6 is 0 Å². The van der Waals surface area contributed by atoms with Gasteiger partial charge in [0.05, 0.1) is 25.2 Å². The standard InChI is InChI=1S/C41H62N2O3.C3H6/c1-6-45-37(44)36-29-20-25(21-30(29)36)31-11-15-40(5)34(38(31,2)3)13-16-39(4)32-12-17-41(14-7-8-33(41)28(32)9-10-35(39)40)42-18-19-43-23-27-22-26(43)24-46-27;1-3-2/h11,20,26-30,32-36,42H,6-10,12-19,21-24H2,1-5H3;3H,1H2,2H3/t26?,27?,28?,29?,30?,32?,33-,34?,35?,36?,39?,40?,41?;/m1./s1. The summed E-state index contributed by atoms with van der Waals surface area (Å²) in [5, 5.41) is 4.30. The molecule has 9 rings (SSSR count). The van der Waals surface area contributed by atoms with Crippen molar-refractivity contribution >= 4 is 5.97 Å². The Morgan fingerprint density at radius 3 is 2.55 bits per heavy atom. The Balaban J connectivity index is 0.00000112. The molecule has 2 saturated heterocycles. The summed E-state index contributed by atoms with van der Waals surface area (Å²) in [5.74, 6) is 5.40. The van der Waals surface area contributed by atoms with Crippen LogP contribution in [-0.4, -0.2) is 61.4 Å². The van der Waals surface area contributed by atoms with E-state index in [2.05, 4.69) is 56.6 Å². The second kappa shape index (κ2) is 12.6. The zero-order valence-corrected chi connectivity index (χ0v) is 31.9.